The maximum atomic E-state index is 13.0. The van der Waals surface area contributed by atoms with Crippen LogP contribution >= 0.6 is 23.2 Å². The van der Waals surface area contributed by atoms with E-state index in [-0.39, 0.29) is 28.0 Å². The zero-order valence-electron chi connectivity index (χ0n) is 18.8. The van der Waals surface area contributed by atoms with Crippen LogP contribution in [-0.4, -0.2) is 18.4 Å². The minimum Gasteiger partial charge on any atom is -0.481 e. The third-order valence-electron chi connectivity index (χ3n) is 4.94. The van der Waals surface area contributed by atoms with Crippen LogP contribution in [0.2, 0.25) is 10.0 Å². The molecule has 9 heteroatoms. The molecule has 2 amide bonds. The first-order valence-electron chi connectivity index (χ1n) is 10.3. The second kappa shape index (κ2) is 11.5. The van der Waals surface area contributed by atoms with Crippen molar-refractivity contribution in [3.05, 3.63) is 92.7 Å². The second-order valence-electron chi connectivity index (χ2n) is 7.58. The van der Waals surface area contributed by atoms with Gasteiger partial charge < -0.3 is 15.4 Å². The molecule has 3 aromatic rings. The molecular weight excluding hydrogens is 492 g/mol. The normalized spacial score (nSPS) is 10.9. The zero-order chi connectivity index (χ0) is 25.5. The van der Waals surface area contributed by atoms with Gasteiger partial charge >= 0.3 is 0 Å². The van der Waals surface area contributed by atoms with Crippen molar-refractivity contribution in [2.45, 2.75) is 13.8 Å². The molecule has 0 fully saturated rings. The highest BCUT2D eigenvalue weighted by Gasteiger charge is 2.14. The van der Waals surface area contributed by atoms with Crippen molar-refractivity contribution in [1.82, 2.24) is 0 Å². The van der Waals surface area contributed by atoms with Crippen molar-refractivity contribution >= 4 is 52.5 Å². The van der Waals surface area contributed by atoms with E-state index in [1.54, 1.807) is 6.07 Å². The quantitative estimate of drug-likeness (QED) is 0.287. The number of hydrogen-bond acceptors (Lipinski definition) is 4. The Kier molecular flexibility index (Phi) is 8.48. The first kappa shape index (κ1) is 25.8. The third kappa shape index (κ3) is 7.06. The van der Waals surface area contributed by atoms with Gasteiger partial charge in [0.1, 0.15) is 17.5 Å². The summed E-state index contributed by atoms with van der Waals surface area (Å²) in [6, 6.07) is 15.4. The van der Waals surface area contributed by atoms with Crippen LogP contribution in [0.3, 0.4) is 0 Å². The smallest absolute Gasteiger partial charge is 0.266 e. The minimum atomic E-state index is -0.685. The maximum Gasteiger partial charge on any atom is 0.266 e. The summed E-state index contributed by atoms with van der Waals surface area (Å²) in [5.41, 5.74) is 3.28. The molecule has 0 aliphatic rings. The van der Waals surface area contributed by atoms with Crippen LogP contribution in [0.15, 0.2) is 60.2 Å². The molecule has 0 spiro atoms. The van der Waals surface area contributed by atoms with Crippen molar-refractivity contribution in [2.75, 3.05) is 17.2 Å². The summed E-state index contributed by atoms with van der Waals surface area (Å²) in [6.07, 6.45) is 1.30. The molecule has 0 heterocycles. The van der Waals surface area contributed by atoms with Gasteiger partial charge in [-0.2, -0.15) is 5.26 Å². The fraction of sp³-hybridized carbons (Fsp3) is 0.115. The first-order valence-corrected chi connectivity index (χ1v) is 11.1. The van der Waals surface area contributed by atoms with E-state index in [9.17, 15) is 19.2 Å². The van der Waals surface area contributed by atoms with Gasteiger partial charge in [-0.1, -0.05) is 29.3 Å². The van der Waals surface area contributed by atoms with Crippen molar-refractivity contribution in [3.8, 4) is 11.8 Å². The molecule has 35 heavy (non-hydrogen) atoms. The maximum absolute atomic E-state index is 13.0. The molecule has 0 aromatic heterocycles. The van der Waals surface area contributed by atoms with Crippen molar-refractivity contribution in [3.63, 3.8) is 0 Å². The number of halogens is 3. The number of nitrogens with one attached hydrogen (secondary N) is 2. The zero-order valence-corrected chi connectivity index (χ0v) is 20.3. The van der Waals surface area contributed by atoms with Crippen LogP contribution in [0.1, 0.15) is 16.7 Å². The van der Waals surface area contributed by atoms with Crippen LogP contribution < -0.4 is 15.4 Å². The van der Waals surface area contributed by atoms with E-state index in [0.29, 0.717) is 16.9 Å². The molecule has 178 valence electrons. The van der Waals surface area contributed by atoms with Crippen molar-refractivity contribution in [1.29, 1.82) is 5.26 Å². The Labute approximate surface area is 211 Å². The number of amides is 2. The number of benzene rings is 3. The number of carbonyl (C=O) groups excluding carboxylic acids is 2. The average molecular weight is 512 g/mol. The first-order chi connectivity index (χ1) is 16.7. The Morgan fingerprint density at radius 2 is 1.60 bits per heavy atom. The SMILES string of the molecule is Cc1ccc(NC(=O)COc2c(Cl)cc(/C=C(\C#N)C(=O)Nc3ccc(F)cc3)cc2Cl)cc1C. The molecule has 0 saturated heterocycles. The van der Waals surface area contributed by atoms with E-state index in [4.69, 9.17) is 27.9 Å². The fourth-order valence-electron chi connectivity index (χ4n) is 3.00. The number of nitriles is 1. The Morgan fingerprint density at radius 1 is 0.971 bits per heavy atom. The molecule has 6 nitrogen and oxygen atoms in total. The van der Waals surface area contributed by atoms with Gasteiger partial charge in [0.05, 0.1) is 10.0 Å². The van der Waals surface area contributed by atoms with Gasteiger partial charge in [0, 0.05) is 11.4 Å². The molecule has 0 bridgehead atoms. The number of anilines is 2. The van der Waals surface area contributed by atoms with Crippen LogP contribution in [0.5, 0.6) is 5.75 Å². The number of hydrogen-bond donors (Lipinski definition) is 2. The number of nitrogens with zero attached hydrogens (tertiary/aromatic N) is 1. The standard InChI is InChI=1S/C26H20Cl2FN3O3/c1-15-3-6-21(9-16(15)2)31-24(33)14-35-25-22(27)11-17(12-23(25)28)10-18(13-30)26(34)32-20-7-4-19(29)5-8-20/h3-12H,14H2,1-2H3,(H,31,33)(H,32,34)/b18-10+. The van der Waals surface area contributed by atoms with Gasteiger partial charge in [0.15, 0.2) is 12.4 Å². The fourth-order valence-corrected chi connectivity index (χ4v) is 3.61. The van der Waals surface area contributed by atoms with Gasteiger partial charge in [-0.05, 0) is 85.1 Å². The van der Waals surface area contributed by atoms with Gasteiger partial charge in [0.2, 0.25) is 0 Å². The molecule has 0 radical (unpaired) electrons. The Hall–Kier alpha value is -3.86. The average Bonchev–Trinajstić information content (AvgIpc) is 2.80. The molecule has 2 N–H and O–H groups in total. The molecular formula is C26H20Cl2FN3O3. The largest absolute Gasteiger partial charge is 0.481 e. The lowest BCUT2D eigenvalue weighted by Gasteiger charge is -2.12. The van der Waals surface area contributed by atoms with Gasteiger partial charge in [-0.15, -0.1) is 0 Å². The molecule has 0 atom stereocenters. The third-order valence-corrected chi connectivity index (χ3v) is 5.50. The van der Waals surface area contributed by atoms with Crippen molar-refractivity contribution in [2.24, 2.45) is 0 Å². The van der Waals surface area contributed by atoms with Crippen LogP contribution in [0, 0.1) is 31.0 Å². The van der Waals surface area contributed by atoms with E-state index in [1.165, 1.54) is 42.5 Å². The minimum absolute atomic E-state index is 0.0926. The number of ether oxygens (including phenoxy) is 1. The van der Waals surface area contributed by atoms with Gasteiger partial charge in [-0.3, -0.25) is 9.59 Å². The summed E-state index contributed by atoms with van der Waals surface area (Å²) in [4.78, 5) is 24.7. The van der Waals surface area contributed by atoms with Crippen molar-refractivity contribution < 1.29 is 18.7 Å². The highest BCUT2D eigenvalue weighted by atomic mass is 35.5. The Morgan fingerprint density at radius 3 is 2.20 bits per heavy atom. The highest BCUT2D eigenvalue weighted by molar-refractivity contribution is 6.37. The monoisotopic (exact) mass is 511 g/mol. The molecule has 0 saturated carbocycles. The summed E-state index contributed by atoms with van der Waals surface area (Å²) in [6.45, 7) is 3.59. The summed E-state index contributed by atoms with van der Waals surface area (Å²) in [5.74, 6) is -1.44. The second-order valence-corrected chi connectivity index (χ2v) is 8.39. The van der Waals surface area contributed by atoms with E-state index in [0.717, 1.165) is 11.1 Å². The summed E-state index contributed by atoms with van der Waals surface area (Å²) >= 11 is 12.6. The van der Waals surface area contributed by atoms with E-state index in [1.807, 2.05) is 32.0 Å². The lowest BCUT2D eigenvalue weighted by Crippen LogP contribution is -2.20. The lowest BCUT2D eigenvalue weighted by molar-refractivity contribution is -0.118. The molecule has 3 aromatic carbocycles. The molecule has 0 unspecified atom stereocenters. The molecule has 0 aliphatic carbocycles. The van der Waals surface area contributed by atoms with Crippen LogP contribution in [0.25, 0.3) is 6.08 Å². The summed E-state index contributed by atoms with van der Waals surface area (Å²) in [5, 5.41) is 14.8. The number of carbonyl (C=O) groups is 2. The van der Waals surface area contributed by atoms with E-state index in [2.05, 4.69) is 10.6 Å². The lowest BCUT2D eigenvalue weighted by atomic mass is 10.1. The van der Waals surface area contributed by atoms with Gasteiger partial charge in [0.25, 0.3) is 11.8 Å². The van der Waals surface area contributed by atoms with Crippen LogP contribution in [-0.2, 0) is 9.59 Å². The predicted octanol–water partition coefficient (Wildman–Crippen LogP) is 6.31. The van der Waals surface area contributed by atoms with E-state index >= 15 is 0 Å². The van der Waals surface area contributed by atoms with E-state index < -0.39 is 17.6 Å². The highest BCUT2D eigenvalue weighted by Crippen LogP contribution is 2.35. The Bertz CT molecular complexity index is 1330. The topological polar surface area (TPSA) is 91.2 Å². The van der Waals surface area contributed by atoms with Crippen LogP contribution in [0.4, 0.5) is 15.8 Å². The predicted molar refractivity (Wildman–Crippen MR) is 135 cm³/mol. The number of rotatable bonds is 7. The molecule has 3 rings (SSSR count). The Balaban J connectivity index is 1.68. The number of aryl methyl sites for hydroxylation is 2. The summed E-state index contributed by atoms with van der Waals surface area (Å²) < 4.78 is 18.5. The van der Waals surface area contributed by atoms with Gasteiger partial charge in [-0.25, -0.2) is 4.39 Å². The summed E-state index contributed by atoms with van der Waals surface area (Å²) in [7, 11) is 0. The molecule has 0 aliphatic heterocycles.